The Balaban J connectivity index is 3.53. The van der Waals surface area contributed by atoms with Gasteiger partial charge in [-0.1, -0.05) is 0 Å². The first-order valence-corrected chi connectivity index (χ1v) is 6.03. The first-order chi connectivity index (χ1) is 5.83. The number of sulfone groups is 1. The minimum atomic E-state index is -2.93. The van der Waals surface area contributed by atoms with Crippen molar-refractivity contribution in [2.45, 2.75) is 19.4 Å². The maximum absolute atomic E-state index is 10.7. The molecule has 0 amide bonds. The molecule has 0 aliphatic carbocycles. The average Bonchev–Trinajstić information content (AvgIpc) is 1.95. The molecule has 0 aliphatic rings. The van der Waals surface area contributed by atoms with Crippen molar-refractivity contribution in [3.63, 3.8) is 0 Å². The summed E-state index contributed by atoms with van der Waals surface area (Å²) in [6.07, 6.45) is 1.60. The molecule has 0 saturated heterocycles. The molecule has 78 valence electrons. The minimum Gasteiger partial charge on any atom is -0.480 e. The summed E-state index contributed by atoms with van der Waals surface area (Å²) in [5.41, 5.74) is 0. The van der Waals surface area contributed by atoms with E-state index in [0.717, 1.165) is 6.26 Å². The number of nitrogens with one attached hydrogen (secondary N) is 1. The average molecular weight is 209 g/mol. The van der Waals surface area contributed by atoms with Crippen molar-refractivity contribution < 1.29 is 18.3 Å². The van der Waals surface area contributed by atoms with E-state index < -0.39 is 21.8 Å². The first-order valence-electron chi connectivity index (χ1n) is 3.97. The molecule has 0 aromatic heterocycles. The fraction of sp³-hybridized carbons (Fsp3) is 0.857. The second-order valence-corrected chi connectivity index (χ2v) is 5.26. The molecule has 2 N–H and O–H groups in total. The normalized spacial score (nSPS) is 14.0. The van der Waals surface area contributed by atoms with Gasteiger partial charge in [0, 0.05) is 6.26 Å². The lowest BCUT2D eigenvalue weighted by atomic mass is 10.3. The van der Waals surface area contributed by atoms with E-state index in [1.165, 1.54) is 6.92 Å². The molecule has 0 unspecified atom stereocenters. The molecule has 0 spiro atoms. The van der Waals surface area contributed by atoms with E-state index in [2.05, 4.69) is 5.32 Å². The van der Waals surface area contributed by atoms with Crippen LogP contribution < -0.4 is 5.32 Å². The summed E-state index contributed by atoms with van der Waals surface area (Å²) in [7, 11) is -2.93. The van der Waals surface area contributed by atoms with Gasteiger partial charge in [0.05, 0.1) is 5.75 Å². The molecular weight excluding hydrogens is 194 g/mol. The van der Waals surface area contributed by atoms with Gasteiger partial charge in [0.1, 0.15) is 15.9 Å². The van der Waals surface area contributed by atoms with Crippen molar-refractivity contribution in [3.8, 4) is 0 Å². The molecule has 0 aromatic rings. The molecule has 0 aliphatic heterocycles. The summed E-state index contributed by atoms with van der Waals surface area (Å²) in [6, 6.07) is -0.625. The zero-order chi connectivity index (χ0) is 10.5. The number of carbonyl (C=O) groups is 1. The van der Waals surface area contributed by atoms with Gasteiger partial charge in [-0.25, -0.2) is 8.42 Å². The van der Waals surface area contributed by atoms with Gasteiger partial charge in [-0.05, 0) is 19.9 Å². The summed E-state index contributed by atoms with van der Waals surface area (Å²) < 4.78 is 21.3. The van der Waals surface area contributed by atoms with Crippen molar-refractivity contribution in [1.82, 2.24) is 5.32 Å². The third-order valence-corrected chi connectivity index (χ3v) is 2.54. The van der Waals surface area contributed by atoms with Crippen LogP contribution in [0.3, 0.4) is 0 Å². The summed E-state index contributed by atoms with van der Waals surface area (Å²) in [6.45, 7) is 1.92. The highest BCUT2D eigenvalue weighted by molar-refractivity contribution is 7.90. The van der Waals surface area contributed by atoms with Crippen LogP contribution in [0.5, 0.6) is 0 Å². The third-order valence-electron chi connectivity index (χ3n) is 1.51. The third kappa shape index (κ3) is 7.73. The van der Waals surface area contributed by atoms with Crippen molar-refractivity contribution in [2.24, 2.45) is 0 Å². The molecule has 6 heteroatoms. The maximum atomic E-state index is 10.7. The topological polar surface area (TPSA) is 83.5 Å². The molecule has 0 rings (SSSR count). The fourth-order valence-electron chi connectivity index (χ4n) is 0.740. The Hall–Kier alpha value is -0.620. The molecule has 0 radical (unpaired) electrons. The molecule has 5 nitrogen and oxygen atoms in total. The second-order valence-electron chi connectivity index (χ2n) is 3.00. The van der Waals surface area contributed by atoms with Crippen LogP contribution in [0.1, 0.15) is 13.3 Å². The number of hydrogen-bond acceptors (Lipinski definition) is 4. The fourth-order valence-corrected chi connectivity index (χ4v) is 1.41. The highest BCUT2D eigenvalue weighted by atomic mass is 32.2. The Labute approximate surface area is 78.1 Å². The van der Waals surface area contributed by atoms with Crippen LogP contribution in [0.25, 0.3) is 0 Å². The lowest BCUT2D eigenvalue weighted by Crippen LogP contribution is -2.34. The standard InChI is InChI=1S/C7H15NO4S/c1-6(7(9)10)8-4-3-5-13(2,11)12/h6,8H,3-5H2,1-2H3,(H,9,10)/t6-/m0/s1. The molecular formula is C7H15NO4S. The first kappa shape index (κ1) is 12.4. The summed E-state index contributed by atoms with van der Waals surface area (Å²) >= 11 is 0. The number of carboxylic acids is 1. The van der Waals surface area contributed by atoms with Crippen molar-refractivity contribution in [2.75, 3.05) is 18.6 Å². The minimum absolute atomic E-state index is 0.0896. The quantitative estimate of drug-likeness (QED) is 0.575. The van der Waals surface area contributed by atoms with E-state index in [9.17, 15) is 13.2 Å². The number of hydrogen-bond donors (Lipinski definition) is 2. The van der Waals surface area contributed by atoms with Gasteiger partial charge in [0.25, 0.3) is 0 Å². The molecule has 0 heterocycles. The number of carboxylic acid groups (broad SMARTS) is 1. The zero-order valence-corrected chi connectivity index (χ0v) is 8.60. The van der Waals surface area contributed by atoms with Crippen LogP contribution in [-0.2, 0) is 14.6 Å². The van der Waals surface area contributed by atoms with Gasteiger partial charge in [0.15, 0.2) is 0 Å². The van der Waals surface area contributed by atoms with Crippen LogP contribution in [0, 0.1) is 0 Å². The Kier molecular flexibility index (Phi) is 4.94. The van der Waals surface area contributed by atoms with Crippen LogP contribution in [0.4, 0.5) is 0 Å². The van der Waals surface area contributed by atoms with Gasteiger partial charge < -0.3 is 10.4 Å². The van der Waals surface area contributed by atoms with Gasteiger partial charge in [-0.2, -0.15) is 0 Å². The van der Waals surface area contributed by atoms with Crippen LogP contribution in [-0.4, -0.2) is 44.1 Å². The van der Waals surface area contributed by atoms with Crippen LogP contribution in [0.15, 0.2) is 0 Å². The van der Waals surface area contributed by atoms with E-state index in [-0.39, 0.29) is 5.75 Å². The SMILES string of the molecule is C[C@H](NCCCS(C)(=O)=O)C(=O)O. The van der Waals surface area contributed by atoms with Crippen molar-refractivity contribution >= 4 is 15.8 Å². The van der Waals surface area contributed by atoms with Crippen molar-refractivity contribution in [3.05, 3.63) is 0 Å². The van der Waals surface area contributed by atoms with E-state index in [1.807, 2.05) is 0 Å². The van der Waals surface area contributed by atoms with Crippen molar-refractivity contribution in [1.29, 1.82) is 0 Å². The molecule has 0 aromatic carbocycles. The van der Waals surface area contributed by atoms with E-state index in [0.29, 0.717) is 13.0 Å². The molecule has 0 bridgehead atoms. The Morgan fingerprint density at radius 1 is 1.54 bits per heavy atom. The summed E-state index contributed by atoms with van der Waals surface area (Å²) in [5, 5.41) is 11.2. The predicted octanol–water partition coefficient (Wildman–Crippen LogP) is -0.516. The highest BCUT2D eigenvalue weighted by Gasteiger charge is 2.09. The van der Waals surface area contributed by atoms with Gasteiger partial charge in [-0.3, -0.25) is 4.79 Å². The predicted molar refractivity (Wildman–Crippen MR) is 49.4 cm³/mol. The van der Waals surface area contributed by atoms with Gasteiger partial charge >= 0.3 is 5.97 Å². The number of aliphatic carboxylic acids is 1. The molecule has 13 heavy (non-hydrogen) atoms. The lowest BCUT2D eigenvalue weighted by Gasteiger charge is -2.07. The molecule has 0 fully saturated rings. The van der Waals surface area contributed by atoms with E-state index >= 15 is 0 Å². The highest BCUT2D eigenvalue weighted by Crippen LogP contribution is 1.88. The Bertz CT molecular complexity index is 260. The lowest BCUT2D eigenvalue weighted by molar-refractivity contribution is -0.138. The zero-order valence-electron chi connectivity index (χ0n) is 7.78. The van der Waals surface area contributed by atoms with Gasteiger partial charge in [-0.15, -0.1) is 0 Å². The largest absolute Gasteiger partial charge is 0.480 e. The van der Waals surface area contributed by atoms with E-state index in [4.69, 9.17) is 5.11 Å². The summed E-state index contributed by atoms with van der Waals surface area (Å²) in [4.78, 5) is 10.3. The maximum Gasteiger partial charge on any atom is 0.320 e. The molecule has 0 saturated carbocycles. The van der Waals surface area contributed by atoms with Crippen LogP contribution >= 0.6 is 0 Å². The van der Waals surface area contributed by atoms with E-state index in [1.54, 1.807) is 0 Å². The van der Waals surface area contributed by atoms with Gasteiger partial charge in [0.2, 0.25) is 0 Å². The summed E-state index contributed by atoms with van der Waals surface area (Å²) in [5.74, 6) is -0.842. The van der Waals surface area contributed by atoms with Crippen LogP contribution in [0.2, 0.25) is 0 Å². The second kappa shape index (κ2) is 5.18. The number of rotatable bonds is 6. The Morgan fingerprint density at radius 3 is 2.46 bits per heavy atom. The smallest absolute Gasteiger partial charge is 0.320 e. The Morgan fingerprint density at radius 2 is 2.08 bits per heavy atom. The molecule has 1 atom stereocenters. The monoisotopic (exact) mass is 209 g/mol.